The number of carbonyl (C=O) groups is 1. The molecule has 5 nitrogen and oxygen atoms in total. The first-order chi connectivity index (χ1) is 8.92. The third-order valence-electron chi connectivity index (χ3n) is 3.15. The van der Waals surface area contributed by atoms with E-state index in [1.165, 1.54) is 0 Å². The van der Waals surface area contributed by atoms with E-state index in [0.29, 0.717) is 6.42 Å². The maximum Gasteiger partial charge on any atom is 0.244 e. The molecule has 1 aromatic carbocycles. The lowest BCUT2D eigenvalue weighted by Gasteiger charge is -2.22. The lowest BCUT2D eigenvalue weighted by Crippen LogP contribution is -2.48. The Morgan fingerprint density at radius 1 is 1.43 bits per heavy atom. The van der Waals surface area contributed by atoms with Gasteiger partial charge in [0.05, 0.1) is 16.6 Å². The minimum absolute atomic E-state index is 0. The molecule has 1 amide bonds. The van der Waals surface area contributed by atoms with Crippen molar-refractivity contribution in [2.75, 3.05) is 5.32 Å². The number of nitrogens with one attached hydrogen (secondary N) is 2. The highest BCUT2D eigenvalue weighted by Gasteiger charge is 2.27. The number of anilines is 1. The largest absolute Gasteiger partial charge is 0.342 e. The summed E-state index contributed by atoms with van der Waals surface area (Å²) in [6.45, 7) is 5.67. The summed E-state index contributed by atoms with van der Waals surface area (Å²) in [6, 6.07) is 5.58. The second kappa shape index (κ2) is 7.64. The number of aromatic amines is 1. The van der Waals surface area contributed by atoms with Crippen LogP contribution in [0.4, 0.5) is 5.69 Å². The highest BCUT2D eigenvalue weighted by atomic mass is 35.5. The standard InChI is InChI=1S/C14H20N4O.2ClH/c1-4-7-14(3,15)13(19)18-10-5-6-11-12(8-10)17-9(2)16-11;;/h5-6,8H,4,7,15H2,1-3H3,(H,16,17)(H,18,19);2*1H. The molecule has 0 spiro atoms. The molecular weight excluding hydrogens is 311 g/mol. The number of aryl methyl sites for hydroxylation is 1. The summed E-state index contributed by atoms with van der Waals surface area (Å²) in [6.07, 6.45) is 1.53. The molecule has 0 radical (unpaired) electrons. The van der Waals surface area contributed by atoms with Gasteiger partial charge < -0.3 is 16.0 Å². The van der Waals surface area contributed by atoms with E-state index < -0.39 is 5.54 Å². The van der Waals surface area contributed by atoms with Gasteiger partial charge in [0, 0.05) is 5.69 Å². The van der Waals surface area contributed by atoms with Crippen LogP contribution in [-0.4, -0.2) is 21.4 Å². The number of hydrogen-bond donors (Lipinski definition) is 3. The Labute approximate surface area is 136 Å². The lowest BCUT2D eigenvalue weighted by atomic mass is 9.96. The summed E-state index contributed by atoms with van der Waals surface area (Å²) >= 11 is 0. The highest BCUT2D eigenvalue weighted by molar-refractivity contribution is 5.98. The topological polar surface area (TPSA) is 83.8 Å². The molecule has 1 unspecified atom stereocenters. The van der Waals surface area contributed by atoms with Crippen molar-refractivity contribution in [2.45, 2.75) is 39.2 Å². The first-order valence-electron chi connectivity index (χ1n) is 6.49. The zero-order valence-corrected chi connectivity index (χ0v) is 14.0. The molecule has 1 aromatic heterocycles. The van der Waals surface area contributed by atoms with E-state index in [1.54, 1.807) is 6.92 Å². The van der Waals surface area contributed by atoms with Gasteiger partial charge in [-0.2, -0.15) is 0 Å². The molecule has 1 heterocycles. The number of amides is 1. The van der Waals surface area contributed by atoms with Crippen molar-refractivity contribution in [3.63, 3.8) is 0 Å². The molecule has 4 N–H and O–H groups in total. The number of nitrogens with zero attached hydrogens (tertiary/aromatic N) is 1. The Morgan fingerprint density at radius 2 is 2.10 bits per heavy atom. The number of fused-ring (bicyclic) bond motifs is 1. The predicted octanol–water partition coefficient (Wildman–Crippen LogP) is 3.17. The fourth-order valence-electron chi connectivity index (χ4n) is 2.12. The van der Waals surface area contributed by atoms with E-state index in [9.17, 15) is 4.79 Å². The van der Waals surface area contributed by atoms with E-state index in [-0.39, 0.29) is 30.7 Å². The van der Waals surface area contributed by atoms with Crippen molar-refractivity contribution in [2.24, 2.45) is 5.73 Å². The number of carbonyl (C=O) groups excluding carboxylic acids is 1. The van der Waals surface area contributed by atoms with E-state index >= 15 is 0 Å². The predicted molar refractivity (Wildman–Crippen MR) is 91.5 cm³/mol. The smallest absolute Gasteiger partial charge is 0.244 e. The summed E-state index contributed by atoms with van der Waals surface area (Å²) in [5.74, 6) is 0.693. The SMILES string of the molecule is CCCC(C)(N)C(=O)Nc1ccc2nc(C)[nH]c2c1.Cl.Cl. The second-order valence-corrected chi connectivity index (χ2v) is 5.18. The molecule has 0 fully saturated rings. The zero-order valence-electron chi connectivity index (χ0n) is 12.4. The second-order valence-electron chi connectivity index (χ2n) is 5.18. The Morgan fingerprint density at radius 3 is 2.71 bits per heavy atom. The average molecular weight is 333 g/mol. The van der Waals surface area contributed by atoms with Crippen molar-refractivity contribution >= 4 is 47.4 Å². The molecule has 0 saturated carbocycles. The third-order valence-corrected chi connectivity index (χ3v) is 3.15. The van der Waals surface area contributed by atoms with Crippen molar-refractivity contribution in [3.05, 3.63) is 24.0 Å². The van der Waals surface area contributed by atoms with Crippen LogP contribution in [0.3, 0.4) is 0 Å². The summed E-state index contributed by atoms with van der Waals surface area (Å²) in [7, 11) is 0. The summed E-state index contributed by atoms with van der Waals surface area (Å²) in [4.78, 5) is 19.6. The van der Waals surface area contributed by atoms with Crippen LogP contribution < -0.4 is 11.1 Å². The Hall–Kier alpha value is -1.30. The molecule has 2 rings (SSSR count). The fraction of sp³-hybridized carbons (Fsp3) is 0.429. The summed E-state index contributed by atoms with van der Waals surface area (Å²) in [5, 5.41) is 2.86. The van der Waals surface area contributed by atoms with E-state index in [1.807, 2.05) is 32.0 Å². The lowest BCUT2D eigenvalue weighted by molar-refractivity contribution is -0.120. The number of H-pyrrole nitrogens is 1. The maximum absolute atomic E-state index is 12.1. The molecule has 2 aromatic rings. The van der Waals surface area contributed by atoms with Gasteiger partial charge in [0.15, 0.2) is 0 Å². The van der Waals surface area contributed by atoms with Crippen molar-refractivity contribution in [1.82, 2.24) is 9.97 Å². The first-order valence-corrected chi connectivity index (χ1v) is 6.49. The number of aromatic nitrogens is 2. The van der Waals surface area contributed by atoms with Gasteiger partial charge in [-0.05, 0) is 38.5 Å². The number of halogens is 2. The Balaban J connectivity index is 0.00000200. The van der Waals surface area contributed by atoms with Crippen LogP contribution in [0.5, 0.6) is 0 Å². The van der Waals surface area contributed by atoms with Crippen LogP contribution in [0.2, 0.25) is 0 Å². The number of benzene rings is 1. The minimum Gasteiger partial charge on any atom is -0.342 e. The summed E-state index contributed by atoms with van der Waals surface area (Å²) < 4.78 is 0. The molecule has 7 heteroatoms. The van der Waals surface area contributed by atoms with Gasteiger partial charge in [0.2, 0.25) is 5.91 Å². The molecular formula is C14H22Cl2N4O. The van der Waals surface area contributed by atoms with Crippen LogP contribution >= 0.6 is 24.8 Å². The van der Waals surface area contributed by atoms with Gasteiger partial charge in [-0.15, -0.1) is 24.8 Å². The van der Waals surface area contributed by atoms with Crippen LogP contribution in [0.15, 0.2) is 18.2 Å². The molecule has 118 valence electrons. The van der Waals surface area contributed by atoms with Crippen LogP contribution in [0.1, 0.15) is 32.5 Å². The maximum atomic E-state index is 12.1. The molecule has 0 saturated heterocycles. The zero-order chi connectivity index (χ0) is 14.0. The molecule has 0 aliphatic heterocycles. The summed E-state index contributed by atoms with van der Waals surface area (Å²) in [5.41, 5.74) is 7.69. The normalized spacial score (nSPS) is 13.0. The van der Waals surface area contributed by atoms with Gasteiger partial charge in [0.1, 0.15) is 5.82 Å². The molecule has 0 bridgehead atoms. The fourth-order valence-corrected chi connectivity index (χ4v) is 2.12. The molecule has 0 aliphatic rings. The van der Waals surface area contributed by atoms with E-state index in [4.69, 9.17) is 5.73 Å². The molecule has 21 heavy (non-hydrogen) atoms. The molecule has 1 atom stereocenters. The Kier molecular flexibility index (Phi) is 7.16. The minimum atomic E-state index is -0.840. The van der Waals surface area contributed by atoms with Crippen molar-refractivity contribution in [1.29, 1.82) is 0 Å². The van der Waals surface area contributed by atoms with Crippen molar-refractivity contribution in [3.8, 4) is 0 Å². The average Bonchev–Trinajstić information content (AvgIpc) is 2.68. The molecule has 0 aliphatic carbocycles. The number of rotatable bonds is 4. The monoisotopic (exact) mass is 332 g/mol. The van der Waals surface area contributed by atoms with Gasteiger partial charge >= 0.3 is 0 Å². The van der Waals surface area contributed by atoms with E-state index in [2.05, 4.69) is 15.3 Å². The van der Waals surface area contributed by atoms with Gasteiger partial charge in [-0.3, -0.25) is 4.79 Å². The highest BCUT2D eigenvalue weighted by Crippen LogP contribution is 2.19. The third kappa shape index (κ3) is 4.59. The van der Waals surface area contributed by atoms with Crippen molar-refractivity contribution < 1.29 is 4.79 Å². The Bertz CT molecular complexity index is 610. The number of imidazole rings is 1. The number of nitrogens with two attached hydrogens (primary N) is 1. The van der Waals surface area contributed by atoms with Crippen LogP contribution in [0, 0.1) is 6.92 Å². The first kappa shape index (κ1) is 19.7. The quantitative estimate of drug-likeness (QED) is 0.803. The number of hydrogen-bond acceptors (Lipinski definition) is 3. The van der Waals surface area contributed by atoms with E-state index in [0.717, 1.165) is 29.0 Å². The van der Waals surface area contributed by atoms with Gasteiger partial charge in [0.25, 0.3) is 0 Å². The van der Waals surface area contributed by atoms with Crippen LogP contribution in [-0.2, 0) is 4.79 Å². The van der Waals surface area contributed by atoms with Gasteiger partial charge in [-0.25, -0.2) is 4.98 Å². The van der Waals surface area contributed by atoms with Crippen LogP contribution in [0.25, 0.3) is 11.0 Å². The van der Waals surface area contributed by atoms with Gasteiger partial charge in [-0.1, -0.05) is 13.3 Å².